The van der Waals surface area contributed by atoms with E-state index in [2.05, 4.69) is 34.6 Å². The highest BCUT2D eigenvalue weighted by Crippen LogP contribution is 2.31. The van der Waals surface area contributed by atoms with Crippen LogP contribution in [0.1, 0.15) is 12.5 Å². The molecule has 2 N–H and O–H groups in total. The van der Waals surface area contributed by atoms with Gasteiger partial charge in [0.1, 0.15) is 0 Å². The molecular formula is C18H20N4O3. The van der Waals surface area contributed by atoms with Gasteiger partial charge < -0.3 is 15.5 Å². The van der Waals surface area contributed by atoms with Gasteiger partial charge in [0.15, 0.2) is 0 Å². The third-order valence-electron chi connectivity index (χ3n) is 4.32. The summed E-state index contributed by atoms with van der Waals surface area (Å²) in [5.41, 5.74) is 3.08. The van der Waals surface area contributed by atoms with Crippen LogP contribution in [0.25, 0.3) is 0 Å². The van der Waals surface area contributed by atoms with E-state index < -0.39 is 4.92 Å². The van der Waals surface area contributed by atoms with Gasteiger partial charge in [-0.1, -0.05) is 18.2 Å². The van der Waals surface area contributed by atoms with Gasteiger partial charge in [-0.05, 0) is 37.1 Å². The van der Waals surface area contributed by atoms with Crippen LogP contribution >= 0.6 is 0 Å². The molecule has 0 spiro atoms. The number of fused-ring (bicyclic) bond motifs is 1. The number of amides is 2. The highest BCUT2D eigenvalue weighted by atomic mass is 16.6. The van der Waals surface area contributed by atoms with E-state index in [1.165, 1.54) is 35.5 Å². The molecule has 0 saturated heterocycles. The second-order valence-corrected chi connectivity index (χ2v) is 6.06. The Morgan fingerprint density at radius 1 is 1.24 bits per heavy atom. The molecule has 1 atom stereocenters. The SMILES string of the molecule is CC1Cc2ccccc2N1CCNC(=O)Nc1ccc([N+](=O)[O-])cc1. The van der Waals surface area contributed by atoms with E-state index >= 15 is 0 Å². The summed E-state index contributed by atoms with van der Waals surface area (Å²) >= 11 is 0. The van der Waals surface area contributed by atoms with E-state index in [0.29, 0.717) is 18.3 Å². The van der Waals surface area contributed by atoms with Crippen molar-refractivity contribution in [2.45, 2.75) is 19.4 Å². The van der Waals surface area contributed by atoms with Gasteiger partial charge in [0.25, 0.3) is 5.69 Å². The second-order valence-electron chi connectivity index (χ2n) is 6.06. The third kappa shape index (κ3) is 3.88. The summed E-state index contributed by atoms with van der Waals surface area (Å²) in [4.78, 5) is 24.4. The topological polar surface area (TPSA) is 87.5 Å². The Labute approximate surface area is 145 Å². The van der Waals surface area contributed by atoms with E-state index in [1.54, 1.807) is 0 Å². The molecule has 0 aliphatic carbocycles. The van der Waals surface area contributed by atoms with Crippen LogP contribution in [0.4, 0.5) is 21.9 Å². The summed E-state index contributed by atoms with van der Waals surface area (Å²) in [7, 11) is 0. The minimum Gasteiger partial charge on any atom is -0.367 e. The van der Waals surface area contributed by atoms with Crippen LogP contribution in [0, 0.1) is 10.1 Å². The number of nitrogens with zero attached hydrogens (tertiary/aromatic N) is 2. The summed E-state index contributed by atoms with van der Waals surface area (Å²) in [6.45, 7) is 3.42. The number of hydrogen-bond donors (Lipinski definition) is 2. The minimum atomic E-state index is -0.473. The molecule has 1 aliphatic heterocycles. The number of rotatable bonds is 5. The zero-order chi connectivity index (χ0) is 17.8. The number of nitro groups is 1. The van der Waals surface area contributed by atoms with Crippen molar-refractivity contribution in [1.29, 1.82) is 0 Å². The molecule has 0 saturated carbocycles. The van der Waals surface area contributed by atoms with Crippen LogP contribution in [0.15, 0.2) is 48.5 Å². The van der Waals surface area contributed by atoms with Gasteiger partial charge in [-0.15, -0.1) is 0 Å². The Morgan fingerprint density at radius 3 is 2.68 bits per heavy atom. The van der Waals surface area contributed by atoms with Crippen LogP contribution in [0.3, 0.4) is 0 Å². The second kappa shape index (κ2) is 7.21. The first kappa shape index (κ1) is 16.8. The van der Waals surface area contributed by atoms with Gasteiger partial charge >= 0.3 is 6.03 Å². The minimum absolute atomic E-state index is 0.00681. The molecule has 0 fully saturated rings. The zero-order valence-corrected chi connectivity index (χ0v) is 13.9. The summed E-state index contributed by atoms with van der Waals surface area (Å²) in [5.74, 6) is 0. The summed E-state index contributed by atoms with van der Waals surface area (Å²) in [6, 6.07) is 14.1. The number of anilines is 2. The van der Waals surface area contributed by atoms with Crippen LogP contribution in [0.2, 0.25) is 0 Å². The zero-order valence-electron chi connectivity index (χ0n) is 13.9. The van der Waals surface area contributed by atoms with E-state index in [1.807, 2.05) is 12.1 Å². The van der Waals surface area contributed by atoms with Gasteiger partial charge in [-0.2, -0.15) is 0 Å². The Kier molecular flexibility index (Phi) is 4.83. The summed E-state index contributed by atoms with van der Waals surface area (Å²) in [5, 5.41) is 16.1. The maximum atomic E-state index is 12.0. The maximum absolute atomic E-state index is 12.0. The van der Waals surface area contributed by atoms with Crippen LogP contribution in [-0.2, 0) is 6.42 Å². The molecule has 2 amide bonds. The average molecular weight is 340 g/mol. The van der Waals surface area contributed by atoms with Crippen molar-refractivity contribution in [3.63, 3.8) is 0 Å². The van der Waals surface area contributed by atoms with Crippen molar-refractivity contribution >= 4 is 23.1 Å². The number of benzene rings is 2. The summed E-state index contributed by atoms with van der Waals surface area (Å²) < 4.78 is 0. The molecule has 0 bridgehead atoms. The molecule has 3 rings (SSSR count). The fourth-order valence-corrected chi connectivity index (χ4v) is 3.10. The van der Waals surface area contributed by atoms with E-state index in [4.69, 9.17) is 0 Å². The quantitative estimate of drug-likeness (QED) is 0.646. The largest absolute Gasteiger partial charge is 0.367 e. The predicted octanol–water partition coefficient (Wildman–Crippen LogP) is 3.17. The standard InChI is InChI=1S/C18H20N4O3/c1-13-12-14-4-2-3-5-17(14)21(13)11-10-19-18(23)20-15-6-8-16(9-7-15)22(24)25/h2-9,13H,10-12H2,1H3,(H2,19,20,23). The number of carbonyl (C=O) groups is 1. The van der Waals surface area contributed by atoms with Gasteiger partial charge in [0.05, 0.1) is 4.92 Å². The number of para-hydroxylation sites is 1. The van der Waals surface area contributed by atoms with Crippen molar-refractivity contribution in [3.05, 3.63) is 64.2 Å². The lowest BCUT2D eigenvalue weighted by Gasteiger charge is -2.25. The predicted molar refractivity (Wildman–Crippen MR) is 97.1 cm³/mol. The van der Waals surface area contributed by atoms with Gasteiger partial charge in [-0.25, -0.2) is 4.79 Å². The highest BCUT2D eigenvalue weighted by molar-refractivity contribution is 5.89. The maximum Gasteiger partial charge on any atom is 0.319 e. The molecule has 2 aromatic carbocycles. The Hall–Kier alpha value is -3.09. The molecule has 130 valence electrons. The molecule has 1 heterocycles. The molecule has 1 aliphatic rings. The number of urea groups is 1. The Morgan fingerprint density at radius 2 is 1.96 bits per heavy atom. The number of non-ortho nitro benzene ring substituents is 1. The lowest BCUT2D eigenvalue weighted by atomic mass is 10.1. The van der Waals surface area contributed by atoms with Crippen molar-refractivity contribution in [3.8, 4) is 0 Å². The average Bonchev–Trinajstić information content (AvgIpc) is 2.91. The van der Waals surface area contributed by atoms with Gasteiger partial charge in [-0.3, -0.25) is 10.1 Å². The normalized spacial score (nSPS) is 15.6. The van der Waals surface area contributed by atoms with Gasteiger partial charge in [0.2, 0.25) is 0 Å². The lowest BCUT2D eigenvalue weighted by molar-refractivity contribution is -0.384. The van der Waals surface area contributed by atoms with Crippen LogP contribution < -0.4 is 15.5 Å². The van der Waals surface area contributed by atoms with Crippen LogP contribution in [-0.4, -0.2) is 30.1 Å². The lowest BCUT2D eigenvalue weighted by Crippen LogP contribution is -2.39. The van der Waals surface area contributed by atoms with E-state index in [0.717, 1.165) is 13.0 Å². The number of carbonyl (C=O) groups excluding carboxylic acids is 1. The molecule has 0 radical (unpaired) electrons. The Bertz CT molecular complexity index is 776. The Balaban J connectivity index is 1.49. The van der Waals surface area contributed by atoms with Crippen molar-refractivity contribution in [2.75, 3.05) is 23.3 Å². The monoisotopic (exact) mass is 340 g/mol. The first-order chi connectivity index (χ1) is 12.0. The molecule has 0 aromatic heterocycles. The number of nitrogens with one attached hydrogen (secondary N) is 2. The fourth-order valence-electron chi connectivity index (χ4n) is 3.10. The van der Waals surface area contributed by atoms with Crippen molar-refractivity contribution in [1.82, 2.24) is 5.32 Å². The van der Waals surface area contributed by atoms with Crippen LogP contribution in [0.5, 0.6) is 0 Å². The molecule has 7 nitrogen and oxygen atoms in total. The first-order valence-corrected chi connectivity index (χ1v) is 8.18. The smallest absolute Gasteiger partial charge is 0.319 e. The summed E-state index contributed by atoms with van der Waals surface area (Å²) in [6.07, 6.45) is 1.02. The number of nitro benzene ring substituents is 1. The molecule has 7 heteroatoms. The third-order valence-corrected chi connectivity index (χ3v) is 4.32. The highest BCUT2D eigenvalue weighted by Gasteiger charge is 2.24. The van der Waals surface area contributed by atoms with E-state index in [-0.39, 0.29) is 11.7 Å². The molecule has 25 heavy (non-hydrogen) atoms. The first-order valence-electron chi connectivity index (χ1n) is 8.18. The molecular weight excluding hydrogens is 320 g/mol. The van der Waals surface area contributed by atoms with Gasteiger partial charge in [0, 0.05) is 42.6 Å². The molecule has 2 aromatic rings. The number of hydrogen-bond acceptors (Lipinski definition) is 4. The fraction of sp³-hybridized carbons (Fsp3) is 0.278. The van der Waals surface area contributed by atoms with E-state index in [9.17, 15) is 14.9 Å². The van der Waals surface area contributed by atoms with Crippen molar-refractivity contribution in [2.24, 2.45) is 0 Å². The molecule has 1 unspecified atom stereocenters. The van der Waals surface area contributed by atoms with Crippen molar-refractivity contribution < 1.29 is 9.72 Å².